The van der Waals surface area contributed by atoms with Crippen LogP contribution in [0, 0.1) is 17.0 Å². The van der Waals surface area contributed by atoms with Crippen LogP contribution in [0.25, 0.3) is 6.08 Å². The highest BCUT2D eigenvalue weighted by Crippen LogP contribution is 2.26. The van der Waals surface area contributed by atoms with E-state index in [0.717, 1.165) is 23.3 Å². The lowest BCUT2D eigenvalue weighted by atomic mass is 9.89. The third-order valence-corrected chi connectivity index (χ3v) is 6.64. The van der Waals surface area contributed by atoms with Gasteiger partial charge in [0.15, 0.2) is 11.6 Å². The predicted molar refractivity (Wildman–Crippen MR) is 152 cm³/mol. The van der Waals surface area contributed by atoms with E-state index in [2.05, 4.69) is 37.5 Å². The zero-order valence-corrected chi connectivity index (χ0v) is 23.3. The van der Waals surface area contributed by atoms with Crippen molar-refractivity contribution in [2.24, 2.45) is 5.41 Å². The van der Waals surface area contributed by atoms with Crippen molar-refractivity contribution >= 4 is 33.7 Å². The van der Waals surface area contributed by atoms with Crippen molar-refractivity contribution in [1.29, 1.82) is 0 Å². The Labute approximate surface area is 233 Å². The van der Waals surface area contributed by atoms with E-state index >= 15 is 0 Å². The minimum atomic E-state index is -4.19. The number of allylic oxidation sites excluding steroid dienone is 1. The van der Waals surface area contributed by atoms with Crippen LogP contribution in [-0.4, -0.2) is 37.1 Å². The Morgan fingerprint density at radius 3 is 2.17 bits per heavy atom. The van der Waals surface area contributed by atoms with Crippen LogP contribution in [-0.2, 0) is 21.3 Å². The van der Waals surface area contributed by atoms with E-state index < -0.39 is 45.2 Å². The van der Waals surface area contributed by atoms with Crippen LogP contribution in [0.5, 0.6) is 0 Å². The van der Waals surface area contributed by atoms with E-state index in [-0.39, 0.29) is 29.6 Å². The molecule has 10 heteroatoms. The maximum absolute atomic E-state index is 13.7. The smallest absolute Gasteiger partial charge is 0.266 e. The molecule has 3 N–H and O–H groups in total. The Kier molecular flexibility index (Phi) is 9.94. The zero-order valence-electron chi connectivity index (χ0n) is 22.4. The van der Waals surface area contributed by atoms with E-state index in [1.165, 1.54) is 6.07 Å². The third kappa shape index (κ3) is 9.69. The Balaban J connectivity index is 1.81. The van der Waals surface area contributed by atoms with Crippen LogP contribution in [0.15, 0.2) is 72.8 Å². The van der Waals surface area contributed by atoms with Gasteiger partial charge in [0, 0.05) is 23.9 Å². The summed E-state index contributed by atoms with van der Waals surface area (Å²) in [7, 11) is -4.19. The first kappa shape index (κ1) is 30.6. The number of nitrogens with one attached hydrogen (secondary N) is 2. The van der Waals surface area contributed by atoms with Crippen molar-refractivity contribution < 1.29 is 31.3 Å². The van der Waals surface area contributed by atoms with Gasteiger partial charge in [0.2, 0.25) is 5.91 Å². The van der Waals surface area contributed by atoms with Gasteiger partial charge in [-0.2, -0.15) is 8.42 Å². The molecule has 3 rings (SSSR count). The van der Waals surface area contributed by atoms with Crippen LogP contribution in [0.2, 0.25) is 0 Å². The van der Waals surface area contributed by atoms with Crippen LogP contribution in [0.4, 0.5) is 14.5 Å². The lowest BCUT2D eigenvalue weighted by molar-refractivity contribution is -0.117. The molecule has 0 aliphatic carbocycles. The topological polar surface area (TPSA) is 113 Å². The lowest BCUT2D eigenvalue weighted by Crippen LogP contribution is -2.28. The summed E-state index contributed by atoms with van der Waals surface area (Å²) in [4.78, 5) is 25.6. The first-order valence-electron chi connectivity index (χ1n) is 12.6. The molecule has 2 amide bonds. The van der Waals surface area contributed by atoms with Crippen LogP contribution in [0.1, 0.15) is 53.7 Å². The average molecular weight is 571 g/mol. The van der Waals surface area contributed by atoms with Crippen molar-refractivity contribution in [2.75, 3.05) is 17.6 Å². The average Bonchev–Trinajstić information content (AvgIpc) is 2.87. The highest BCUT2D eigenvalue weighted by atomic mass is 32.2. The molecule has 0 radical (unpaired) electrons. The Bertz CT molecular complexity index is 1480. The van der Waals surface area contributed by atoms with Gasteiger partial charge >= 0.3 is 0 Å². The van der Waals surface area contributed by atoms with Crippen molar-refractivity contribution in [1.82, 2.24) is 5.32 Å². The molecule has 0 fully saturated rings. The van der Waals surface area contributed by atoms with Crippen LogP contribution in [0.3, 0.4) is 0 Å². The van der Waals surface area contributed by atoms with Gasteiger partial charge in [-0.3, -0.25) is 14.1 Å². The summed E-state index contributed by atoms with van der Waals surface area (Å²) in [5.74, 6) is -4.32. The normalized spacial score (nSPS) is 12.8. The molecule has 1 atom stereocenters. The number of amides is 2. The van der Waals surface area contributed by atoms with Gasteiger partial charge in [0.05, 0.1) is 11.7 Å². The minimum absolute atomic E-state index is 0.00509. The second kappa shape index (κ2) is 13.0. The summed E-state index contributed by atoms with van der Waals surface area (Å²) in [6.45, 7) is 6.02. The molecule has 7 nitrogen and oxygen atoms in total. The first-order chi connectivity index (χ1) is 18.7. The summed E-state index contributed by atoms with van der Waals surface area (Å²) in [6, 6.07) is 17.1. The minimum Gasteiger partial charge on any atom is -0.351 e. The molecule has 3 aromatic rings. The quantitative estimate of drug-likeness (QED) is 0.275. The number of rotatable bonds is 10. The molecule has 0 heterocycles. The van der Waals surface area contributed by atoms with Crippen LogP contribution >= 0.6 is 0 Å². The number of hydrogen-bond acceptors (Lipinski definition) is 4. The molecule has 212 valence electrons. The number of hydrogen-bond donors (Lipinski definition) is 3. The molecule has 0 saturated heterocycles. The predicted octanol–water partition coefficient (Wildman–Crippen LogP) is 5.61. The summed E-state index contributed by atoms with van der Waals surface area (Å²) >= 11 is 0. The molecular weight excluding hydrogens is 538 g/mol. The van der Waals surface area contributed by atoms with Gasteiger partial charge in [0.1, 0.15) is 0 Å². The van der Waals surface area contributed by atoms with E-state index in [1.807, 2.05) is 30.3 Å². The molecule has 0 spiro atoms. The van der Waals surface area contributed by atoms with Gasteiger partial charge in [-0.1, -0.05) is 69.3 Å². The molecule has 0 aliphatic rings. The Hall–Kier alpha value is -3.89. The highest BCUT2D eigenvalue weighted by Gasteiger charge is 2.22. The standard InChI is InChI=1S/C30H32F2N2O5S/c1-30(2,3)15-14-20-4-8-22(9-5-20)25(29(36)34-24-12-13-26(31)27(32)19-24)18-21-6-10-23(11-7-21)28(35)33-16-17-40(37,38)39/h4-15,19,25H,16-18H2,1-3H3,(H,33,35)(H,34,36)(H,37,38,39). The van der Waals surface area contributed by atoms with Crippen molar-refractivity contribution in [2.45, 2.75) is 33.1 Å². The van der Waals surface area contributed by atoms with Crippen molar-refractivity contribution in [3.05, 3.63) is 107 Å². The van der Waals surface area contributed by atoms with E-state index in [4.69, 9.17) is 4.55 Å². The second-order valence-corrected chi connectivity index (χ2v) is 12.1. The summed E-state index contributed by atoms with van der Waals surface area (Å²) in [5.41, 5.74) is 2.80. The molecule has 0 saturated carbocycles. The van der Waals surface area contributed by atoms with Gasteiger partial charge in [0.25, 0.3) is 16.0 Å². The molecule has 1 unspecified atom stereocenters. The lowest BCUT2D eigenvalue weighted by Gasteiger charge is -2.18. The number of carbonyl (C=O) groups excluding carboxylic acids is 2. The summed E-state index contributed by atoms with van der Waals surface area (Å²) in [5, 5.41) is 5.08. The van der Waals surface area contributed by atoms with Crippen molar-refractivity contribution in [3.63, 3.8) is 0 Å². The Morgan fingerprint density at radius 1 is 0.950 bits per heavy atom. The highest BCUT2D eigenvalue weighted by molar-refractivity contribution is 7.85. The number of benzene rings is 3. The molecule has 3 aromatic carbocycles. The molecule has 40 heavy (non-hydrogen) atoms. The summed E-state index contributed by atoms with van der Waals surface area (Å²) < 4.78 is 57.6. The SMILES string of the molecule is CC(C)(C)C=Cc1ccc(C(Cc2ccc(C(=O)NCCS(=O)(=O)O)cc2)C(=O)Nc2ccc(F)c(F)c2)cc1. The second-order valence-electron chi connectivity index (χ2n) is 10.5. The van der Waals surface area contributed by atoms with E-state index in [9.17, 15) is 26.8 Å². The molecule has 0 aromatic heterocycles. The van der Waals surface area contributed by atoms with Crippen LogP contribution < -0.4 is 10.6 Å². The zero-order chi connectivity index (χ0) is 29.5. The van der Waals surface area contributed by atoms with Gasteiger partial charge < -0.3 is 10.6 Å². The van der Waals surface area contributed by atoms with Gasteiger partial charge in [-0.05, 0) is 52.8 Å². The van der Waals surface area contributed by atoms with Crippen molar-refractivity contribution in [3.8, 4) is 0 Å². The molecular formula is C30H32F2N2O5S. The van der Waals surface area contributed by atoms with Gasteiger partial charge in [-0.25, -0.2) is 8.78 Å². The van der Waals surface area contributed by atoms with E-state index in [0.29, 0.717) is 5.56 Å². The summed E-state index contributed by atoms with van der Waals surface area (Å²) in [6.07, 6.45) is 4.33. The first-order valence-corrected chi connectivity index (χ1v) is 14.2. The third-order valence-electron chi connectivity index (χ3n) is 5.92. The fourth-order valence-corrected chi connectivity index (χ4v) is 4.13. The number of anilines is 1. The maximum atomic E-state index is 13.7. The van der Waals surface area contributed by atoms with Gasteiger partial charge in [-0.15, -0.1) is 0 Å². The fourth-order valence-electron chi connectivity index (χ4n) is 3.77. The molecule has 0 aliphatic heterocycles. The maximum Gasteiger partial charge on any atom is 0.266 e. The molecule has 0 bridgehead atoms. The fraction of sp³-hybridized carbons (Fsp3) is 0.267. The number of halogens is 2. The Morgan fingerprint density at radius 2 is 1.60 bits per heavy atom. The monoisotopic (exact) mass is 570 g/mol. The number of carbonyl (C=O) groups is 2. The van der Waals surface area contributed by atoms with E-state index in [1.54, 1.807) is 24.3 Å². The largest absolute Gasteiger partial charge is 0.351 e.